The average molecular weight is 346 g/mol. The van der Waals surface area contributed by atoms with Crippen LogP contribution >= 0.6 is 0 Å². The Bertz CT molecular complexity index is 630. The van der Waals surface area contributed by atoms with Crippen LogP contribution in [0.1, 0.15) is 32.3 Å². The molecule has 6 heteroatoms. The minimum atomic E-state index is -0.855. The summed E-state index contributed by atoms with van der Waals surface area (Å²) in [6.45, 7) is 4.73. The predicted molar refractivity (Wildman–Crippen MR) is 93.9 cm³/mol. The number of benzene rings is 1. The van der Waals surface area contributed by atoms with Crippen LogP contribution in [0.5, 0.6) is 0 Å². The van der Waals surface area contributed by atoms with Crippen molar-refractivity contribution in [2.75, 3.05) is 19.6 Å². The van der Waals surface area contributed by atoms with Gasteiger partial charge in [0.25, 0.3) is 0 Å². The van der Waals surface area contributed by atoms with Crippen LogP contribution < -0.4 is 5.32 Å². The van der Waals surface area contributed by atoms with Gasteiger partial charge in [-0.05, 0) is 17.9 Å². The zero-order valence-corrected chi connectivity index (χ0v) is 14.8. The highest BCUT2D eigenvalue weighted by molar-refractivity contribution is 5.82. The second-order valence-corrected chi connectivity index (χ2v) is 6.94. The Balaban J connectivity index is 1.77. The Morgan fingerprint density at radius 3 is 2.48 bits per heavy atom. The lowest BCUT2D eigenvalue weighted by molar-refractivity contribution is -0.151. The highest BCUT2D eigenvalue weighted by Crippen LogP contribution is 2.38. The van der Waals surface area contributed by atoms with E-state index in [4.69, 9.17) is 0 Å². The summed E-state index contributed by atoms with van der Waals surface area (Å²) >= 11 is 0. The third kappa shape index (κ3) is 4.59. The third-order valence-corrected chi connectivity index (χ3v) is 5.05. The van der Waals surface area contributed by atoms with Gasteiger partial charge in [0.2, 0.25) is 11.8 Å². The molecule has 1 fully saturated rings. The van der Waals surface area contributed by atoms with Gasteiger partial charge in [-0.15, -0.1) is 0 Å². The van der Waals surface area contributed by atoms with Crippen molar-refractivity contribution in [3.8, 4) is 0 Å². The molecule has 0 aromatic heterocycles. The van der Waals surface area contributed by atoms with E-state index in [0.717, 1.165) is 5.56 Å². The molecule has 0 bridgehead atoms. The van der Waals surface area contributed by atoms with Crippen LogP contribution in [0.2, 0.25) is 0 Å². The average Bonchev–Trinajstić information content (AvgIpc) is 3.02. The van der Waals surface area contributed by atoms with Gasteiger partial charge in [-0.25, -0.2) is 0 Å². The van der Waals surface area contributed by atoms with Gasteiger partial charge in [0.15, 0.2) is 0 Å². The van der Waals surface area contributed by atoms with Crippen molar-refractivity contribution in [1.82, 2.24) is 10.2 Å². The van der Waals surface area contributed by atoms with E-state index in [1.807, 2.05) is 44.2 Å². The number of carbonyl (C=O) groups excluding carboxylic acids is 2. The van der Waals surface area contributed by atoms with Gasteiger partial charge in [-0.2, -0.15) is 0 Å². The Hall–Kier alpha value is -2.37. The summed E-state index contributed by atoms with van der Waals surface area (Å²) in [5, 5.41) is 12.3. The van der Waals surface area contributed by atoms with Crippen molar-refractivity contribution in [2.24, 2.45) is 11.3 Å². The van der Waals surface area contributed by atoms with E-state index in [0.29, 0.717) is 13.0 Å². The predicted octanol–water partition coefficient (Wildman–Crippen LogP) is 1.69. The first kappa shape index (κ1) is 19.0. The van der Waals surface area contributed by atoms with Crippen molar-refractivity contribution in [1.29, 1.82) is 0 Å². The van der Waals surface area contributed by atoms with Crippen LogP contribution in [0, 0.1) is 11.3 Å². The number of aliphatic carboxylic acids is 1. The van der Waals surface area contributed by atoms with Crippen LogP contribution in [0.15, 0.2) is 30.3 Å². The molecule has 0 radical (unpaired) electrons. The number of carboxylic acid groups (broad SMARTS) is 1. The molecule has 0 spiro atoms. The Morgan fingerprint density at radius 1 is 1.24 bits per heavy atom. The lowest BCUT2D eigenvalue weighted by Gasteiger charge is -2.28. The van der Waals surface area contributed by atoms with Gasteiger partial charge in [-0.1, -0.05) is 44.2 Å². The third-order valence-electron chi connectivity index (χ3n) is 5.05. The topological polar surface area (TPSA) is 86.7 Å². The number of amides is 2. The number of carboxylic acids is 1. The van der Waals surface area contributed by atoms with E-state index in [9.17, 15) is 19.5 Å². The second kappa shape index (κ2) is 8.14. The van der Waals surface area contributed by atoms with Crippen molar-refractivity contribution < 1.29 is 19.5 Å². The highest BCUT2D eigenvalue weighted by atomic mass is 16.4. The van der Waals surface area contributed by atoms with Gasteiger partial charge in [0, 0.05) is 26.1 Å². The molecule has 1 atom stereocenters. The van der Waals surface area contributed by atoms with Crippen LogP contribution in [0.4, 0.5) is 0 Å². The summed E-state index contributed by atoms with van der Waals surface area (Å²) < 4.78 is 0. The standard InChI is InChI=1S/C19H26N2O4/c1-14(2)19(18(24)25)9-11-21(13-19)17(23)8-10-20-16(22)12-15-6-4-3-5-7-15/h3-7,14H,8-13H2,1-2H3,(H,20,22)(H,24,25). The lowest BCUT2D eigenvalue weighted by atomic mass is 9.76. The molecule has 1 heterocycles. The van der Waals surface area contributed by atoms with E-state index < -0.39 is 11.4 Å². The summed E-state index contributed by atoms with van der Waals surface area (Å²) in [7, 11) is 0. The number of carbonyl (C=O) groups is 3. The SMILES string of the molecule is CC(C)C1(C(=O)O)CCN(C(=O)CCNC(=O)Cc2ccccc2)C1. The first-order valence-corrected chi connectivity index (χ1v) is 8.67. The summed E-state index contributed by atoms with van der Waals surface area (Å²) in [6, 6.07) is 9.41. The fourth-order valence-corrected chi connectivity index (χ4v) is 3.25. The van der Waals surface area contributed by atoms with Gasteiger partial charge in [0.1, 0.15) is 0 Å². The van der Waals surface area contributed by atoms with Gasteiger partial charge in [0.05, 0.1) is 11.8 Å². The molecule has 1 saturated heterocycles. The molecule has 1 aliphatic rings. The molecule has 2 rings (SSSR count). The Morgan fingerprint density at radius 2 is 1.92 bits per heavy atom. The van der Waals surface area contributed by atoms with Crippen LogP contribution in [0.25, 0.3) is 0 Å². The van der Waals surface area contributed by atoms with Crippen LogP contribution in [0.3, 0.4) is 0 Å². The van der Waals surface area contributed by atoms with E-state index >= 15 is 0 Å². The molecule has 1 aromatic carbocycles. The zero-order valence-electron chi connectivity index (χ0n) is 14.8. The molecule has 1 aliphatic heterocycles. The molecule has 0 aliphatic carbocycles. The number of hydrogen-bond donors (Lipinski definition) is 2. The monoisotopic (exact) mass is 346 g/mol. The first-order valence-electron chi connectivity index (χ1n) is 8.67. The van der Waals surface area contributed by atoms with Crippen LogP contribution in [-0.2, 0) is 20.8 Å². The fraction of sp³-hybridized carbons (Fsp3) is 0.526. The highest BCUT2D eigenvalue weighted by Gasteiger charge is 2.48. The van der Waals surface area contributed by atoms with Gasteiger partial charge in [-0.3, -0.25) is 14.4 Å². The normalized spacial score (nSPS) is 19.9. The molecule has 1 aromatic rings. The Labute approximate surface area is 148 Å². The summed E-state index contributed by atoms with van der Waals surface area (Å²) in [5.74, 6) is -1.10. The molecule has 2 N–H and O–H groups in total. The summed E-state index contributed by atoms with van der Waals surface area (Å²) in [5.41, 5.74) is 0.0701. The maximum Gasteiger partial charge on any atom is 0.311 e. The summed E-state index contributed by atoms with van der Waals surface area (Å²) in [6.07, 6.45) is 0.953. The molecule has 1 unspecified atom stereocenters. The molecule has 136 valence electrons. The fourth-order valence-electron chi connectivity index (χ4n) is 3.25. The molecule has 6 nitrogen and oxygen atoms in total. The number of nitrogens with one attached hydrogen (secondary N) is 1. The number of likely N-dealkylation sites (tertiary alicyclic amines) is 1. The number of hydrogen-bond acceptors (Lipinski definition) is 3. The second-order valence-electron chi connectivity index (χ2n) is 6.94. The quantitative estimate of drug-likeness (QED) is 0.787. The maximum absolute atomic E-state index is 12.3. The molecule has 2 amide bonds. The van der Waals surface area contributed by atoms with Gasteiger partial charge >= 0.3 is 5.97 Å². The van der Waals surface area contributed by atoms with Crippen molar-refractivity contribution in [2.45, 2.75) is 33.1 Å². The minimum absolute atomic E-state index is 0.0339. The lowest BCUT2D eigenvalue weighted by Crippen LogP contribution is -2.41. The van der Waals surface area contributed by atoms with Crippen molar-refractivity contribution >= 4 is 17.8 Å². The Kier molecular flexibility index (Phi) is 6.17. The first-order chi connectivity index (χ1) is 11.8. The van der Waals surface area contributed by atoms with E-state index in [1.165, 1.54) is 0 Å². The van der Waals surface area contributed by atoms with Crippen molar-refractivity contribution in [3.63, 3.8) is 0 Å². The van der Waals surface area contributed by atoms with E-state index in [1.54, 1.807) is 4.90 Å². The van der Waals surface area contributed by atoms with Gasteiger partial charge < -0.3 is 15.3 Å². The largest absolute Gasteiger partial charge is 0.481 e. The number of rotatable bonds is 7. The minimum Gasteiger partial charge on any atom is -0.481 e. The number of nitrogens with zero attached hydrogens (tertiary/aromatic N) is 1. The molecular weight excluding hydrogens is 320 g/mol. The molecule has 0 saturated carbocycles. The molecular formula is C19H26N2O4. The van der Waals surface area contributed by atoms with Crippen molar-refractivity contribution in [3.05, 3.63) is 35.9 Å². The van der Waals surface area contributed by atoms with E-state index in [-0.39, 0.29) is 43.7 Å². The van der Waals surface area contributed by atoms with Crippen LogP contribution in [-0.4, -0.2) is 47.4 Å². The zero-order chi connectivity index (χ0) is 18.4. The van der Waals surface area contributed by atoms with E-state index in [2.05, 4.69) is 5.32 Å². The summed E-state index contributed by atoms with van der Waals surface area (Å²) in [4.78, 5) is 37.4. The smallest absolute Gasteiger partial charge is 0.311 e. The maximum atomic E-state index is 12.3. The molecule has 25 heavy (non-hydrogen) atoms.